The summed E-state index contributed by atoms with van der Waals surface area (Å²) in [5.74, 6) is 0.0965. The van der Waals surface area contributed by atoms with Crippen molar-refractivity contribution in [3.63, 3.8) is 0 Å². The summed E-state index contributed by atoms with van der Waals surface area (Å²) in [4.78, 5) is 26.6. The minimum Gasteiger partial charge on any atom is -0.494 e. The highest BCUT2D eigenvalue weighted by molar-refractivity contribution is 6.20. The Morgan fingerprint density at radius 1 is 1.00 bits per heavy atom. The average Bonchev–Trinajstić information content (AvgIpc) is 3.12. The van der Waals surface area contributed by atoms with Crippen LogP contribution < -0.4 is 15.8 Å². The van der Waals surface area contributed by atoms with E-state index in [4.69, 9.17) is 10.5 Å². The molecule has 4 aromatic rings. The normalized spacial score (nSPS) is 10.8. The van der Waals surface area contributed by atoms with Gasteiger partial charge in [-0.1, -0.05) is 37.6 Å². The summed E-state index contributed by atoms with van der Waals surface area (Å²) < 4.78 is 7.37. The van der Waals surface area contributed by atoms with Gasteiger partial charge < -0.3 is 20.2 Å². The smallest absolute Gasteiger partial charge is 0.259 e. The topological polar surface area (TPSA) is 85.8 Å². The number of ether oxygens (including phenoxy) is 1. The Hall–Kier alpha value is -4.06. The number of nitrogens with two attached hydrogens (primary N) is 1. The van der Waals surface area contributed by atoms with Crippen molar-refractivity contribution in [2.24, 2.45) is 0 Å². The molecule has 0 radical (unpaired) electrons. The molecule has 2 aromatic heterocycles. The maximum absolute atomic E-state index is 13.4. The third kappa shape index (κ3) is 4.46. The molecule has 2 aromatic carbocycles. The number of para-hydroxylation sites is 1. The molecule has 0 spiro atoms. The van der Waals surface area contributed by atoms with Crippen molar-refractivity contribution in [3.05, 3.63) is 95.3 Å². The van der Waals surface area contributed by atoms with Gasteiger partial charge in [0.05, 0.1) is 23.4 Å². The van der Waals surface area contributed by atoms with Crippen LogP contribution in [-0.2, 0) is 0 Å². The highest BCUT2D eigenvalue weighted by Gasteiger charge is 2.26. The van der Waals surface area contributed by atoms with E-state index in [2.05, 4.69) is 12.2 Å². The number of aromatic nitrogens is 1. The van der Waals surface area contributed by atoms with E-state index in [1.165, 1.54) is 0 Å². The van der Waals surface area contributed by atoms with Crippen molar-refractivity contribution in [3.8, 4) is 5.75 Å². The Balaban J connectivity index is 1.69. The number of unbranched alkanes of at least 4 members (excludes halogenated alkanes) is 1. The van der Waals surface area contributed by atoms with Crippen LogP contribution in [0.15, 0.2) is 72.9 Å². The van der Waals surface area contributed by atoms with Gasteiger partial charge >= 0.3 is 0 Å². The number of amides is 1. The summed E-state index contributed by atoms with van der Waals surface area (Å²) >= 11 is 0. The second-order valence-electron chi connectivity index (χ2n) is 7.92. The summed E-state index contributed by atoms with van der Waals surface area (Å²) in [5, 5.41) is 2.92. The zero-order valence-corrected chi connectivity index (χ0v) is 18.8. The second kappa shape index (κ2) is 9.61. The van der Waals surface area contributed by atoms with E-state index in [1.807, 2.05) is 37.3 Å². The second-order valence-corrected chi connectivity index (χ2v) is 7.92. The molecule has 0 saturated carbocycles. The van der Waals surface area contributed by atoms with Crippen LogP contribution in [0.1, 0.15) is 51.7 Å². The Morgan fingerprint density at radius 2 is 1.73 bits per heavy atom. The number of carbonyl (C=O) groups excluding carboxylic acids is 2. The number of aryl methyl sites for hydroxylation is 1. The Morgan fingerprint density at radius 3 is 2.45 bits per heavy atom. The predicted octanol–water partition coefficient (Wildman–Crippen LogP) is 5.49. The summed E-state index contributed by atoms with van der Waals surface area (Å²) in [7, 11) is 0. The molecule has 0 aliphatic heterocycles. The third-order valence-corrected chi connectivity index (χ3v) is 5.60. The van der Waals surface area contributed by atoms with Gasteiger partial charge in [-0.05, 0) is 61.4 Å². The largest absolute Gasteiger partial charge is 0.494 e. The third-order valence-electron chi connectivity index (χ3n) is 5.60. The summed E-state index contributed by atoms with van der Waals surface area (Å²) in [6.45, 7) is 4.66. The number of nitrogens with one attached hydrogen (secondary N) is 1. The van der Waals surface area contributed by atoms with Crippen molar-refractivity contribution < 1.29 is 14.3 Å². The molecule has 4 rings (SSSR count). The van der Waals surface area contributed by atoms with Crippen molar-refractivity contribution in [2.75, 3.05) is 17.7 Å². The molecule has 168 valence electrons. The van der Waals surface area contributed by atoms with Crippen molar-refractivity contribution in [2.45, 2.75) is 26.7 Å². The van der Waals surface area contributed by atoms with Gasteiger partial charge in [0.15, 0.2) is 0 Å². The fraction of sp³-hybridized carbons (Fsp3) is 0.185. The molecule has 0 fully saturated rings. The lowest BCUT2D eigenvalue weighted by molar-refractivity contribution is 0.102. The number of carbonyl (C=O) groups is 2. The highest BCUT2D eigenvalue weighted by Crippen LogP contribution is 2.30. The van der Waals surface area contributed by atoms with Gasteiger partial charge in [-0.2, -0.15) is 0 Å². The molecule has 3 N–H and O–H groups in total. The monoisotopic (exact) mass is 441 g/mol. The number of hydrogen-bond donors (Lipinski definition) is 2. The molecule has 1 amide bonds. The predicted molar refractivity (Wildman–Crippen MR) is 131 cm³/mol. The van der Waals surface area contributed by atoms with Crippen molar-refractivity contribution in [1.29, 1.82) is 0 Å². The number of hydrogen-bond acceptors (Lipinski definition) is 4. The van der Waals surface area contributed by atoms with E-state index in [9.17, 15) is 9.59 Å². The van der Waals surface area contributed by atoms with Crippen LogP contribution in [0.2, 0.25) is 0 Å². The SMILES string of the molecule is CCCCOc1ccc(C(=O)c2c(N)c(C(=O)Nc3ccccc3C)c3ccccn23)cc1. The zero-order chi connectivity index (χ0) is 23.4. The quantitative estimate of drug-likeness (QED) is 0.280. The number of pyridine rings is 1. The minimum atomic E-state index is -0.357. The van der Waals surface area contributed by atoms with Crippen LogP contribution in [0.5, 0.6) is 5.75 Å². The maximum atomic E-state index is 13.4. The molecule has 0 unspecified atom stereocenters. The van der Waals surface area contributed by atoms with E-state index in [0.29, 0.717) is 29.1 Å². The standard InChI is InChI=1S/C27H27N3O3/c1-3-4-17-33-20-14-12-19(13-15-20)26(31)25-24(28)23(22-11-7-8-16-30(22)25)27(32)29-21-10-6-5-9-18(21)2/h5-16H,3-4,17,28H2,1-2H3,(H,29,32). The number of nitrogens with zero attached hydrogens (tertiary/aromatic N) is 1. The molecule has 0 bridgehead atoms. The maximum Gasteiger partial charge on any atom is 0.259 e. The van der Waals surface area contributed by atoms with Gasteiger partial charge in [0.1, 0.15) is 11.4 Å². The van der Waals surface area contributed by atoms with Crippen LogP contribution in [0.4, 0.5) is 11.4 Å². The first-order valence-corrected chi connectivity index (χ1v) is 11.0. The number of fused-ring (bicyclic) bond motifs is 1. The Bertz CT molecular complexity index is 1310. The number of ketones is 1. The first-order valence-electron chi connectivity index (χ1n) is 11.0. The van der Waals surface area contributed by atoms with Gasteiger partial charge in [0, 0.05) is 17.4 Å². The molecular weight excluding hydrogens is 414 g/mol. The highest BCUT2D eigenvalue weighted by atomic mass is 16.5. The van der Waals surface area contributed by atoms with E-state index >= 15 is 0 Å². The fourth-order valence-electron chi connectivity index (χ4n) is 3.77. The van der Waals surface area contributed by atoms with E-state index in [-0.39, 0.29) is 28.6 Å². The van der Waals surface area contributed by atoms with E-state index in [0.717, 1.165) is 18.4 Å². The van der Waals surface area contributed by atoms with Crippen molar-refractivity contribution in [1.82, 2.24) is 4.40 Å². The van der Waals surface area contributed by atoms with Crippen LogP contribution in [0.25, 0.3) is 5.52 Å². The van der Waals surface area contributed by atoms with Crippen LogP contribution in [-0.4, -0.2) is 22.7 Å². The Kier molecular flexibility index (Phi) is 6.45. The molecule has 0 saturated heterocycles. The number of nitrogen functional groups attached to an aromatic ring is 1. The molecular formula is C27H27N3O3. The molecule has 0 atom stereocenters. The molecule has 2 heterocycles. The molecule has 6 nitrogen and oxygen atoms in total. The summed E-state index contributed by atoms with van der Waals surface area (Å²) in [5.41, 5.74) is 9.81. The van der Waals surface area contributed by atoms with Crippen LogP contribution in [0.3, 0.4) is 0 Å². The number of rotatable bonds is 8. The van der Waals surface area contributed by atoms with Crippen LogP contribution in [0, 0.1) is 6.92 Å². The van der Waals surface area contributed by atoms with E-state index in [1.54, 1.807) is 47.0 Å². The zero-order valence-electron chi connectivity index (χ0n) is 18.8. The lowest BCUT2D eigenvalue weighted by Gasteiger charge is -2.08. The number of benzene rings is 2. The summed E-state index contributed by atoms with van der Waals surface area (Å²) in [6.07, 6.45) is 3.77. The van der Waals surface area contributed by atoms with Gasteiger partial charge in [-0.25, -0.2) is 0 Å². The minimum absolute atomic E-state index is 0.153. The molecule has 0 aliphatic carbocycles. The Labute approximate surface area is 193 Å². The first kappa shape index (κ1) is 22.1. The summed E-state index contributed by atoms with van der Waals surface area (Å²) in [6, 6.07) is 19.9. The average molecular weight is 442 g/mol. The lowest BCUT2D eigenvalue weighted by atomic mass is 10.1. The fourth-order valence-corrected chi connectivity index (χ4v) is 3.77. The molecule has 33 heavy (non-hydrogen) atoms. The number of anilines is 2. The van der Waals surface area contributed by atoms with Crippen LogP contribution >= 0.6 is 0 Å². The van der Waals surface area contributed by atoms with Gasteiger partial charge in [-0.15, -0.1) is 0 Å². The molecule has 6 heteroatoms. The molecule has 0 aliphatic rings. The van der Waals surface area contributed by atoms with Gasteiger partial charge in [0.2, 0.25) is 5.78 Å². The van der Waals surface area contributed by atoms with Gasteiger partial charge in [0.25, 0.3) is 5.91 Å². The lowest BCUT2D eigenvalue weighted by Crippen LogP contribution is -2.14. The van der Waals surface area contributed by atoms with Gasteiger partial charge in [-0.3, -0.25) is 9.59 Å². The van der Waals surface area contributed by atoms with Crippen molar-refractivity contribution >= 4 is 28.6 Å². The first-order chi connectivity index (χ1) is 16.0. The van der Waals surface area contributed by atoms with E-state index < -0.39 is 0 Å².